The van der Waals surface area contributed by atoms with E-state index in [4.69, 9.17) is 12.2 Å². The molecule has 0 fully saturated rings. The number of fused-ring (bicyclic) bond motifs is 1. The second-order valence-corrected chi connectivity index (χ2v) is 2.22. The zero-order chi connectivity index (χ0) is 6.97. The van der Waals surface area contributed by atoms with Crippen LogP contribution in [0.1, 0.15) is 0 Å². The van der Waals surface area contributed by atoms with Gasteiger partial charge in [0.05, 0.1) is 12.7 Å². The Morgan fingerprint density at radius 1 is 1.18 bits per heavy atom. The average Bonchev–Trinajstić information content (AvgIpc) is 2.36. The molecule has 0 aromatic carbocycles. The van der Waals surface area contributed by atoms with Crippen LogP contribution in [0.15, 0.2) is 12.7 Å². The summed E-state index contributed by atoms with van der Waals surface area (Å²) in [4.78, 5) is 13.6. The molecule has 2 aromatic heterocycles. The zero-order valence-electron chi connectivity index (χ0n) is 5.66. The molecule has 0 saturated heterocycles. The third-order valence-corrected chi connectivity index (χ3v) is 1.55. The third-order valence-electron chi connectivity index (χ3n) is 1.24. The van der Waals surface area contributed by atoms with Gasteiger partial charge in [-0.15, -0.1) is 0 Å². The van der Waals surface area contributed by atoms with Crippen molar-refractivity contribution < 1.29 is 0 Å². The number of aromatic amines is 2. The molecule has 11 heavy (non-hydrogen) atoms. The topological polar surface area (TPSA) is 92.4 Å². The van der Waals surface area contributed by atoms with E-state index in [0.29, 0.717) is 4.64 Å². The van der Waals surface area contributed by atoms with Crippen LogP contribution in [-0.2, 0) is 0 Å². The number of hydrogen-bond donors (Lipinski definition) is 3. The molecule has 0 radical (unpaired) electrons. The lowest BCUT2D eigenvalue weighted by molar-refractivity contribution is 1.18. The first kappa shape index (κ1) is 7.83. The molecule has 0 amide bonds. The molecule has 5 nitrogen and oxygen atoms in total. The Morgan fingerprint density at radius 2 is 1.91 bits per heavy atom. The van der Waals surface area contributed by atoms with Crippen LogP contribution < -0.4 is 6.15 Å². The summed E-state index contributed by atoms with van der Waals surface area (Å²) in [5.74, 6) is 0. The Labute approximate surface area is 67.5 Å². The minimum absolute atomic E-state index is 0. The van der Waals surface area contributed by atoms with Gasteiger partial charge in [-0.3, -0.25) is 0 Å². The molecule has 5 N–H and O–H groups in total. The Balaban J connectivity index is 0.000000605. The van der Waals surface area contributed by atoms with Gasteiger partial charge < -0.3 is 16.1 Å². The van der Waals surface area contributed by atoms with Gasteiger partial charge in [0.1, 0.15) is 5.52 Å². The van der Waals surface area contributed by atoms with E-state index >= 15 is 0 Å². The minimum Gasteiger partial charge on any atom is -0.344 e. The Bertz CT molecular complexity index is 402. The van der Waals surface area contributed by atoms with Gasteiger partial charge in [0.2, 0.25) is 0 Å². The molecular weight excluding hydrogens is 162 g/mol. The molecule has 0 bridgehead atoms. The second kappa shape index (κ2) is 2.77. The first-order chi connectivity index (χ1) is 4.88. The smallest absolute Gasteiger partial charge is 0.159 e. The van der Waals surface area contributed by atoms with Crippen LogP contribution in [0.3, 0.4) is 0 Å². The van der Waals surface area contributed by atoms with E-state index in [1.807, 2.05) is 0 Å². The van der Waals surface area contributed by atoms with Crippen molar-refractivity contribution in [1.82, 2.24) is 26.1 Å². The number of imidazole rings is 1. The summed E-state index contributed by atoms with van der Waals surface area (Å²) in [5.41, 5.74) is 1.54. The number of hydrogen-bond acceptors (Lipinski definition) is 4. The van der Waals surface area contributed by atoms with E-state index in [-0.39, 0.29) is 6.15 Å². The molecule has 0 aliphatic rings. The molecule has 0 atom stereocenters. The fraction of sp³-hybridized carbons (Fsp3) is 0. The molecule has 58 valence electrons. The number of nitrogens with zero attached hydrogens (tertiary/aromatic N) is 2. The largest absolute Gasteiger partial charge is 0.344 e. The Morgan fingerprint density at radius 3 is 2.64 bits per heavy atom. The van der Waals surface area contributed by atoms with E-state index in [0.717, 1.165) is 11.2 Å². The third kappa shape index (κ3) is 1.13. The highest BCUT2D eigenvalue weighted by molar-refractivity contribution is 7.71. The zero-order valence-corrected chi connectivity index (χ0v) is 6.48. The molecule has 2 heterocycles. The molecule has 0 saturated carbocycles. The summed E-state index contributed by atoms with van der Waals surface area (Å²) in [6, 6.07) is 0. The monoisotopic (exact) mass is 169 g/mol. The molecular formula is C5H7N5S. The molecule has 0 unspecified atom stereocenters. The van der Waals surface area contributed by atoms with Crippen LogP contribution in [0.25, 0.3) is 11.2 Å². The SMILES string of the molecule is N.S=c1nc[nH]c2nc[nH]c12. The van der Waals surface area contributed by atoms with Crippen molar-refractivity contribution in [1.29, 1.82) is 0 Å². The summed E-state index contributed by atoms with van der Waals surface area (Å²) in [6.45, 7) is 0. The summed E-state index contributed by atoms with van der Waals surface area (Å²) >= 11 is 4.91. The predicted molar refractivity (Wildman–Crippen MR) is 44.1 cm³/mol. The van der Waals surface area contributed by atoms with Gasteiger partial charge in [-0.05, 0) is 0 Å². The number of H-pyrrole nitrogens is 2. The number of nitrogens with one attached hydrogen (secondary N) is 2. The number of aromatic nitrogens is 4. The standard InChI is InChI=1S/C5H4N4S.H3N/c10-5-3-4(7-1-6-3)8-2-9-5;/h1-2H,(H2,6,7,8,9,10);1H3. The van der Waals surface area contributed by atoms with Gasteiger partial charge >= 0.3 is 0 Å². The lowest BCUT2D eigenvalue weighted by Crippen LogP contribution is -1.80. The van der Waals surface area contributed by atoms with Crippen LogP contribution in [0.4, 0.5) is 0 Å². The molecule has 0 spiro atoms. The van der Waals surface area contributed by atoms with Crippen LogP contribution >= 0.6 is 12.2 Å². The highest BCUT2D eigenvalue weighted by Gasteiger charge is 1.94. The second-order valence-electron chi connectivity index (χ2n) is 1.83. The molecule has 2 aromatic rings. The lowest BCUT2D eigenvalue weighted by atomic mass is 10.6. The van der Waals surface area contributed by atoms with Gasteiger partial charge in [-0.25, -0.2) is 9.97 Å². The minimum atomic E-state index is 0. The van der Waals surface area contributed by atoms with Gasteiger partial charge in [0.25, 0.3) is 0 Å². The van der Waals surface area contributed by atoms with Crippen LogP contribution in [0.5, 0.6) is 0 Å². The van der Waals surface area contributed by atoms with Crippen molar-refractivity contribution >= 4 is 23.4 Å². The van der Waals surface area contributed by atoms with E-state index in [1.165, 1.54) is 6.33 Å². The quantitative estimate of drug-likeness (QED) is 0.516. The van der Waals surface area contributed by atoms with Crippen LogP contribution in [-0.4, -0.2) is 19.9 Å². The summed E-state index contributed by atoms with van der Waals surface area (Å²) in [6.07, 6.45) is 3.12. The molecule has 0 aliphatic heterocycles. The van der Waals surface area contributed by atoms with E-state index in [1.54, 1.807) is 6.33 Å². The summed E-state index contributed by atoms with van der Waals surface area (Å²) < 4.78 is 0.547. The van der Waals surface area contributed by atoms with Gasteiger partial charge in [-0.2, -0.15) is 0 Å². The summed E-state index contributed by atoms with van der Waals surface area (Å²) in [7, 11) is 0. The first-order valence-corrected chi connectivity index (χ1v) is 3.15. The highest BCUT2D eigenvalue weighted by Crippen LogP contribution is 2.02. The van der Waals surface area contributed by atoms with Crippen molar-refractivity contribution in [3.05, 3.63) is 17.3 Å². The van der Waals surface area contributed by atoms with E-state index in [2.05, 4.69) is 19.9 Å². The summed E-state index contributed by atoms with van der Waals surface area (Å²) in [5, 5.41) is 0. The van der Waals surface area contributed by atoms with Crippen LogP contribution in [0, 0.1) is 4.64 Å². The Hall–Kier alpha value is -1.27. The fourth-order valence-corrected chi connectivity index (χ4v) is 0.992. The maximum atomic E-state index is 4.91. The molecule has 2 rings (SSSR count). The van der Waals surface area contributed by atoms with E-state index in [9.17, 15) is 0 Å². The van der Waals surface area contributed by atoms with Gasteiger partial charge in [0, 0.05) is 0 Å². The first-order valence-electron chi connectivity index (χ1n) is 2.75. The van der Waals surface area contributed by atoms with Crippen LogP contribution in [0.2, 0.25) is 0 Å². The predicted octanol–water partition coefficient (Wildman–Crippen LogP) is 1.18. The van der Waals surface area contributed by atoms with Gasteiger partial charge in [0.15, 0.2) is 10.3 Å². The van der Waals surface area contributed by atoms with Crippen molar-refractivity contribution in [3.63, 3.8) is 0 Å². The van der Waals surface area contributed by atoms with Crippen molar-refractivity contribution in [3.8, 4) is 0 Å². The van der Waals surface area contributed by atoms with Crippen molar-refractivity contribution in [2.75, 3.05) is 0 Å². The lowest BCUT2D eigenvalue weighted by Gasteiger charge is -1.84. The van der Waals surface area contributed by atoms with Crippen molar-refractivity contribution in [2.24, 2.45) is 0 Å². The highest BCUT2D eigenvalue weighted by atomic mass is 32.1. The van der Waals surface area contributed by atoms with Gasteiger partial charge in [-0.1, -0.05) is 12.2 Å². The molecule has 6 heteroatoms. The number of rotatable bonds is 0. The normalized spacial score (nSPS) is 9.45. The van der Waals surface area contributed by atoms with E-state index < -0.39 is 0 Å². The fourth-order valence-electron chi connectivity index (χ4n) is 0.783. The van der Waals surface area contributed by atoms with Crippen molar-refractivity contribution in [2.45, 2.75) is 0 Å². The maximum Gasteiger partial charge on any atom is 0.159 e. The average molecular weight is 169 g/mol. The molecule has 0 aliphatic carbocycles. The maximum absolute atomic E-state index is 4.91. The Kier molecular flexibility index (Phi) is 1.97.